The topological polar surface area (TPSA) is 44.8 Å². The highest BCUT2D eigenvalue weighted by atomic mass is 35.5. The first-order valence-corrected chi connectivity index (χ1v) is 9.55. The van der Waals surface area contributed by atoms with Crippen LogP contribution < -0.4 is 15.0 Å². The molecule has 1 aliphatic rings. The number of nitrogens with one attached hydrogen (secondary N) is 1. The predicted molar refractivity (Wildman–Crippen MR) is 110 cm³/mol. The molecule has 2 aromatic rings. The first-order valence-electron chi connectivity index (χ1n) is 9.17. The molecule has 144 valence electrons. The molecule has 1 N–H and O–H groups in total. The predicted octanol–water partition coefficient (Wildman–Crippen LogP) is 3.18. The van der Waals surface area contributed by atoms with Crippen LogP contribution in [0.4, 0.5) is 5.69 Å². The Labute approximate surface area is 165 Å². The van der Waals surface area contributed by atoms with Crippen LogP contribution in [0.3, 0.4) is 0 Å². The first-order chi connectivity index (χ1) is 13.0. The largest absolute Gasteiger partial charge is 0.489 e. The molecule has 1 heterocycles. The van der Waals surface area contributed by atoms with Gasteiger partial charge in [-0.3, -0.25) is 4.79 Å². The second-order valence-corrected chi connectivity index (χ2v) is 7.48. The van der Waals surface area contributed by atoms with Crippen molar-refractivity contribution < 1.29 is 9.53 Å². The molecule has 0 bridgehead atoms. The van der Waals surface area contributed by atoms with Gasteiger partial charge in [-0.2, -0.15) is 0 Å². The molecule has 5 nitrogen and oxygen atoms in total. The van der Waals surface area contributed by atoms with Crippen molar-refractivity contribution in [2.24, 2.45) is 0 Å². The van der Waals surface area contributed by atoms with Gasteiger partial charge in [0.05, 0.1) is 18.2 Å². The highest BCUT2D eigenvalue weighted by Gasteiger charge is 2.29. The van der Waals surface area contributed by atoms with Crippen molar-refractivity contribution in [3.8, 4) is 5.75 Å². The van der Waals surface area contributed by atoms with Crippen molar-refractivity contribution in [2.45, 2.75) is 19.0 Å². The Bertz CT molecular complexity index is 767. The van der Waals surface area contributed by atoms with E-state index in [0.717, 1.165) is 18.0 Å². The van der Waals surface area contributed by atoms with E-state index in [1.165, 1.54) is 5.56 Å². The number of hydrogen-bond acceptors (Lipinski definition) is 4. The zero-order valence-corrected chi connectivity index (χ0v) is 16.6. The molecule has 0 saturated carbocycles. The molecule has 6 heteroatoms. The summed E-state index contributed by atoms with van der Waals surface area (Å²) in [6.45, 7) is 2.63. The van der Waals surface area contributed by atoms with Crippen molar-refractivity contribution >= 4 is 23.2 Å². The van der Waals surface area contributed by atoms with Crippen LogP contribution in [-0.2, 0) is 11.3 Å². The third-order valence-electron chi connectivity index (χ3n) is 4.60. The van der Waals surface area contributed by atoms with Gasteiger partial charge in [0.2, 0.25) is 5.91 Å². The Morgan fingerprint density at radius 1 is 1.26 bits per heavy atom. The number of carbonyl (C=O) groups excluding carboxylic acids is 1. The van der Waals surface area contributed by atoms with Gasteiger partial charge in [0.1, 0.15) is 12.4 Å². The molecule has 0 aromatic heterocycles. The molecule has 27 heavy (non-hydrogen) atoms. The minimum absolute atomic E-state index is 0.0361. The number of benzene rings is 2. The molecule has 1 amide bonds. The summed E-state index contributed by atoms with van der Waals surface area (Å²) in [4.78, 5) is 16.7. The van der Waals surface area contributed by atoms with Crippen molar-refractivity contribution in [2.75, 3.05) is 38.7 Å². The van der Waals surface area contributed by atoms with Crippen molar-refractivity contribution in [1.29, 1.82) is 0 Å². The van der Waals surface area contributed by atoms with E-state index < -0.39 is 0 Å². The average Bonchev–Trinajstić information content (AvgIpc) is 2.64. The molecule has 1 atom stereocenters. The van der Waals surface area contributed by atoms with Gasteiger partial charge in [0, 0.05) is 24.7 Å². The molecule has 0 spiro atoms. The lowest BCUT2D eigenvalue weighted by Crippen LogP contribution is -2.46. The molecule has 3 rings (SSSR count). The van der Waals surface area contributed by atoms with E-state index in [-0.39, 0.29) is 11.9 Å². The SMILES string of the molecule is CN(C)CCNC(=O)CC1COc2ccc(Cl)cc2N1Cc1ccccc1. The van der Waals surface area contributed by atoms with Crippen molar-refractivity contribution in [1.82, 2.24) is 10.2 Å². The van der Waals surface area contributed by atoms with Crippen LogP contribution in [0.2, 0.25) is 5.02 Å². The smallest absolute Gasteiger partial charge is 0.222 e. The third-order valence-corrected chi connectivity index (χ3v) is 4.84. The van der Waals surface area contributed by atoms with E-state index in [1.807, 2.05) is 55.4 Å². The zero-order chi connectivity index (χ0) is 19.2. The monoisotopic (exact) mass is 387 g/mol. The van der Waals surface area contributed by atoms with Gasteiger partial charge in [-0.05, 0) is 37.9 Å². The van der Waals surface area contributed by atoms with Gasteiger partial charge >= 0.3 is 0 Å². The quantitative estimate of drug-likeness (QED) is 0.792. The number of rotatable bonds is 7. The summed E-state index contributed by atoms with van der Waals surface area (Å²) < 4.78 is 5.91. The van der Waals surface area contributed by atoms with Crippen LogP contribution in [0.5, 0.6) is 5.75 Å². The Morgan fingerprint density at radius 2 is 2.04 bits per heavy atom. The summed E-state index contributed by atoms with van der Waals surface area (Å²) in [7, 11) is 3.98. The summed E-state index contributed by atoms with van der Waals surface area (Å²) in [5.74, 6) is 0.841. The molecule has 0 fully saturated rings. The maximum Gasteiger partial charge on any atom is 0.222 e. The fourth-order valence-electron chi connectivity index (χ4n) is 3.18. The van der Waals surface area contributed by atoms with E-state index in [4.69, 9.17) is 16.3 Å². The molecular formula is C21H26ClN3O2. The van der Waals surface area contributed by atoms with Gasteiger partial charge in [-0.25, -0.2) is 0 Å². The standard InChI is InChI=1S/C21H26ClN3O2/c1-24(2)11-10-23-21(26)13-18-15-27-20-9-8-17(22)12-19(20)25(18)14-16-6-4-3-5-7-16/h3-9,12,18H,10-11,13-15H2,1-2H3,(H,23,26). The molecule has 1 unspecified atom stereocenters. The lowest BCUT2D eigenvalue weighted by atomic mass is 10.1. The van der Waals surface area contributed by atoms with Crippen molar-refractivity contribution in [3.05, 3.63) is 59.1 Å². The number of fused-ring (bicyclic) bond motifs is 1. The summed E-state index contributed by atoms with van der Waals surface area (Å²) >= 11 is 6.23. The molecule has 0 radical (unpaired) electrons. The second kappa shape index (κ2) is 9.11. The Morgan fingerprint density at radius 3 is 2.78 bits per heavy atom. The summed E-state index contributed by atoms with van der Waals surface area (Å²) in [5.41, 5.74) is 2.12. The number of likely N-dealkylation sites (N-methyl/N-ethyl adjacent to an activating group) is 1. The van der Waals surface area contributed by atoms with E-state index in [1.54, 1.807) is 0 Å². The maximum atomic E-state index is 12.4. The fourth-order valence-corrected chi connectivity index (χ4v) is 3.34. The van der Waals surface area contributed by atoms with Gasteiger partial charge < -0.3 is 19.9 Å². The van der Waals surface area contributed by atoms with E-state index in [0.29, 0.717) is 31.1 Å². The summed E-state index contributed by atoms with van der Waals surface area (Å²) in [6, 6.07) is 15.8. The van der Waals surface area contributed by atoms with Gasteiger partial charge in [0.25, 0.3) is 0 Å². The maximum absolute atomic E-state index is 12.4. The third kappa shape index (κ3) is 5.37. The van der Waals surface area contributed by atoms with Crippen molar-refractivity contribution in [3.63, 3.8) is 0 Å². The van der Waals surface area contributed by atoms with E-state index in [9.17, 15) is 4.79 Å². The lowest BCUT2D eigenvalue weighted by molar-refractivity contribution is -0.121. The highest BCUT2D eigenvalue weighted by Crippen LogP contribution is 2.37. The van der Waals surface area contributed by atoms with Crippen LogP contribution in [0, 0.1) is 0 Å². The first kappa shape index (κ1) is 19.5. The second-order valence-electron chi connectivity index (χ2n) is 7.05. The highest BCUT2D eigenvalue weighted by molar-refractivity contribution is 6.31. The van der Waals surface area contributed by atoms with E-state index in [2.05, 4.69) is 22.3 Å². The normalized spacial score (nSPS) is 16.0. The van der Waals surface area contributed by atoms with Crippen LogP contribution in [-0.4, -0.2) is 50.6 Å². The number of amides is 1. The molecule has 2 aromatic carbocycles. The lowest BCUT2D eigenvalue weighted by Gasteiger charge is -2.38. The summed E-state index contributed by atoms with van der Waals surface area (Å²) in [6.07, 6.45) is 0.381. The van der Waals surface area contributed by atoms with Crippen LogP contribution in [0.1, 0.15) is 12.0 Å². The fraction of sp³-hybridized carbons (Fsp3) is 0.381. The number of nitrogens with zero attached hydrogens (tertiary/aromatic N) is 2. The Kier molecular flexibility index (Phi) is 6.58. The molecular weight excluding hydrogens is 362 g/mol. The summed E-state index contributed by atoms with van der Waals surface area (Å²) in [5, 5.41) is 3.65. The van der Waals surface area contributed by atoms with Gasteiger partial charge in [-0.1, -0.05) is 41.9 Å². The zero-order valence-electron chi connectivity index (χ0n) is 15.8. The Hall–Kier alpha value is -2.24. The van der Waals surface area contributed by atoms with Crippen LogP contribution >= 0.6 is 11.6 Å². The van der Waals surface area contributed by atoms with Crippen LogP contribution in [0.25, 0.3) is 0 Å². The minimum Gasteiger partial charge on any atom is -0.489 e. The number of halogens is 1. The minimum atomic E-state index is -0.0458. The Balaban J connectivity index is 1.76. The number of carbonyl (C=O) groups is 1. The molecule has 1 aliphatic heterocycles. The van der Waals surface area contributed by atoms with Gasteiger partial charge in [-0.15, -0.1) is 0 Å². The van der Waals surface area contributed by atoms with Crippen LogP contribution in [0.15, 0.2) is 48.5 Å². The number of ether oxygens (including phenoxy) is 1. The van der Waals surface area contributed by atoms with E-state index >= 15 is 0 Å². The molecule has 0 aliphatic carbocycles. The number of anilines is 1. The average molecular weight is 388 g/mol. The van der Waals surface area contributed by atoms with Gasteiger partial charge in [0.15, 0.2) is 0 Å². The number of hydrogen-bond donors (Lipinski definition) is 1. The molecule has 0 saturated heterocycles.